The van der Waals surface area contributed by atoms with Crippen LogP contribution in [0.15, 0.2) is 18.2 Å². The number of urea groups is 1. The van der Waals surface area contributed by atoms with Crippen LogP contribution < -0.4 is 10.6 Å². The number of rotatable bonds is 5. The number of carbonyl (C=O) groups excluding carboxylic acids is 1. The average molecular weight is 326 g/mol. The number of ether oxygens (including phenoxy) is 1. The molecule has 3 rings (SSSR count). The van der Waals surface area contributed by atoms with Crippen LogP contribution in [0.1, 0.15) is 30.9 Å². The van der Waals surface area contributed by atoms with Gasteiger partial charge in [0.2, 0.25) is 0 Å². The fraction of sp³-hybridized carbons (Fsp3) is 0.562. The van der Waals surface area contributed by atoms with Crippen LogP contribution in [0.4, 0.5) is 13.6 Å². The molecule has 3 N–H and O–H groups in total. The van der Waals surface area contributed by atoms with Crippen molar-refractivity contribution in [3.8, 4) is 0 Å². The van der Waals surface area contributed by atoms with Gasteiger partial charge >= 0.3 is 6.03 Å². The Balaban J connectivity index is 1.58. The molecule has 1 aliphatic carbocycles. The largest absolute Gasteiger partial charge is 0.396 e. The molecular formula is C16H20F2N2O3. The van der Waals surface area contributed by atoms with Crippen molar-refractivity contribution in [1.82, 2.24) is 10.6 Å². The lowest BCUT2D eigenvalue weighted by Crippen LogP contribution is -2.45. The van der Waals surface area contributed by atoms with E-state index in [0.29, 0.717) is 25.1 Å². The van der Waals surface area contributed by atoms with E-state index in [-0.39, 0.29) is 24.1 Å². The van der Waals surface area contributed by atoms with Crippen LogP contribution in [0.3, 0.4) is 0 Å². The third-order valence-electron chi connectivity index (χ3n) is 4.60. The third-order valence-corrected chi connectivity index (χ3v) is 4.60. The minimum absolute atomic E-state index is 0.0668. The highest BCUT2D eigenvalue weighted by Crippen LogP contribution is 2.44. The van der Waals surface area contributed by atoms with E-state index in [1.807, 2.05) is 0 Å². The quantitative estimate of drug-likeness (QED) is 0.773. The molecule has 1 heterocycles. The summed E-state index contributed by atoms with van der Waals surface area (Å²) < 4.78 is 31.9. The SMILES string of the molecule is O=C(NCC1(CO)CC1)NC1CCOC1c1ccc(F)c(F)c1. The molecule has 0 radical (unpaired) electrons. The van der Waals surface area contributed by atoms with Crippen molar-refractivity contribution >= 4 is 6.03 Å². The molecule has 2 aliphatic rings. The van der Waals surface area contributed by atoms with Gasteiger partial charge in [0.25, 0.3) is 0 Å². The Hall–Kier alpha value is -1.73. The fourth-order valence-corrected chi connectivity index (χ4v) is 2.81. The second-order valence-corrected chi connectivity index (χ2v) is 6.35. The van der Waals surface area contributed by atoms with Crippen molar-refractivity contribution in [1.29, 1.82) is 0 Å². The summed E-state index contributed by atoms with van der Waals surface area (Å²) in [5.41, 5.74) is 0.337. The smallest absolute Gasteiger partial charge is 0.315 e. The molecule has 5 nitrogen and oxygen atoms in total. The van der Waals surface area contributed by atoms with Crippen LogP contribution in [0.2, 0.25) is 0 Å². The Kier molecular flexibility index (Phi) is 4.50. The van der Waals surface area contributed by atoms with Crippen LogP contribution in [0, 0.1) is 17.0 Å². The Morgan fingerprint density at radius 1 is 1.35 bits per heavy atom. The number of nitrogens with one attached hydrogen (secondary N) is 2. The van der Waals surface area contributed by atoms with Crippen molar-refractivity contribution in [2.24, 2.45) is 5.41 Å². The third kappa shape index (κ3) is 3.61. The minimum atomic E-state index is -0.931. The number of hydrogen-bond acceptors (Lipinski definition) is 3. The maximum absolute atomic E-state index is 13.4. The zero-order valence-corrected chi connectivity index (χ0v) is 12.6. The van der Waals surface area contributed by atoms with Crippen LogP contribution >= 0.6 is 0 Å². The van der Waals surface area contributed by atoms with Gasteiger partial charge in [-0.25, -0.2) is 13.6 Å². The van der Waals surface area contributed by atoms with Gasteiger partial charge in [-0.05, 0) is 37.0 Å². The molecule has 1 aromatic carbocycles. The summed E-state index contributed by atoms with van der Waals surface area (Å²) in [5, 5.41) is 14.8. The van der Waals surface area contributed by atoms with Crippen molar-refractivity contribution in [2.45, 2.75) is 31.4 Å². The molecule has 0 aromatic heterocycles. The number of aliphatic hydroxyl groups excluding tert-OH is 1. The number of amides is 2. The van der Waals surface area contributed by atoms with Crippen LogP contribution in [0.25, 0.3) is 0 Å². The molecule has 0 bridgehead atoms. The van der Waals surface area contributed by atoms with E-state index in [1.165, 1.54) is 6.07 Å². The number of hydrogen-bond donors (Lipinski definition) is 3. The molecule has 2 fully saturated rings. The van der Waals surface area contributed by atoms with Gasteiger partial charge in [-0.1, -0.05) is 6.07 Å². The average Bonchev–Trinajstić information content (AvgIpc) is 3.19. The Labute approximate surface area is 133 Å². The van der Waals surface area contributed by atoms with E-state index in [2.05, 4.69) is 10.6 Å². The highest BCUT2D eigenvalue weighted by molar-refractivity contribution is 5.74. The summed E-state index contributed by atoms with van der Waals surface area (Å²) in [6.07, 6.45) is 1.92. The molecule has 126 valence electrons. The van der Waals surface area contributed by atoms with Gasteiger partial charge in [0, 0.05) is 18.6 Å². The van der Waals surface area contributed by atoms with Crippen LogP contribution in [-0.4, -0.2) is 36.9 Å². The zero-order valence-electron chi connectivity index (χ0n) is 12.6. The summed E-state index contributed by atoms with van der Waals surface area (Å²) in [7, 11) is 0. The van der Waals surface area contributed by atoms with Gasteiger partial charge in [0.15, 0.2) is 11.6 Å². The molecular weight excluding hydrogens is 306 g/mol. The van der Waals surface area contributed by atoms with E-state index in [9.17, 15) is 18.7 Å². The first-order chi connectivity index (χ1) is 11.0. The number of carbonyl (C=O) groups is 1. The summed E-state index contributed by atoms with van der Waals surface area (Å²) in [5.74, 6) is -1.84. The molecule has 2 unspecified atom stereocenters. The van der Waals surface area contributed by atoms with Gasteiger partial charge in [-0.2, -0.15) is 0 Å². The second-order valence-electron chi connectivity index (χ2n) is 6.35. The molecule has 2 atom stereocenters. The van der Waals surface area contributed by atoms with Crippen LogP contribution in [0.5, 0.6) is 0 Å². The highest BCUT2D eigenvalue weighted by Gasteiger charge is 2.42. The lowest BCUT2D eigenvalue weighted by atomic mass is 10.0. The predicted molar refractivity (Wildman–Crippen MR) is 78.7 cm³/mol. The lowest BCUT2D eigenvalue weighted by Gasteiger charge is -2.21. The molecule has 1 aliphatic heterocycles. The summed E-state index contributed by atoms with van der Waals surface area (Å²) in [4.78, 5) is 12.0. The molecule has 7 heteroatoms. The summed E-state index contributed by atoms with van der Waals surface area (Å²) in [6, 6.07) is 2.98. The number of benzene rings is 1. The van der Waals surface area contributed by atoms with E-state index in [4.69, 9.17) is 4.74 Å². The van der Waals surface area contributed by atoms with Gasteiger partial charge in [0.05, 0.1) is 12.6 Å². The lowest BCUT2D eigenvalue weighted by molar-refractivity contribution is 0.0994. The fourth-order valence-electron chi connectivity index (χ4n) is 2.81. The molecule has 2 amide bonds. The van der Waals surface area contributed by atoms with E-state index in [1.54, 1.807) is 0 Å². The normalized spacial score (nSPS) is 25.2. The number of aliphatic hydroxyl groups is 1. The van der Waals surface area contributed by atoms with Crippen LogP contribution in [-0.2, 0) is 4.74 Å². The second kappa shape index (κ2) is 6.41. The molecule has 1 saturated carbocycles. The molecule has 1 aromatic rings. The van der Waals surface area contributed by atoms with E-state index in [0.717, 1.165) is 25.0 Å². The Bertz CT molecular complexity index is 593. The molecule has 0 spiro atoms. The monoisotopic (exact) mass is 326 g/mol. The topological polar surface area (TPSA) is 70.6 Å². The van der Waals surface area contributed by atoms with Crippen molar-refractivity contribution < 1.29 is 23.4 Å². The van der Waals surface area contributed by atoms with E-state index < -0.39 is 17.7 Å². The first-order valence-corrected chi connectivity index (χ1v) is 7.75. The highest BCUT2D eigenvalue weighted by atomic mass is 19.2. The first kappa shape index (κ1) is 16.1. The van der Waals surface area contributed by atoms with E-state index >= 15 is 0 Å². The van der Waals surface area contributed by atoms with Gasteiger partial charge in [0.1, 0.15) is 6.10 Å². The van der Waals surface area contributed by atoms with Gasteiger partial charge in [-0.15, -0.1) is 0 Å². The Morgan fingerprint density at radius 2 is 2.13 bits per heavy atom. The number of halogens is 2. The summed E-state index contributed by atoms with van der Waals surface area (Å²) in [6.45, 7) is 0.936. The van der Waals surface area contributed by atoms with Crippen molar-refractivity contribution in [3.05, 3.63) is 35.4 Å². The molecule has 23 heavy (non-hydrogen) atoms. The zero-order chi connectivity index (χ0) is 16.4. The first-order valence-electron chi connectivity index (χ1n) is 7.75. The maximum atomic E-state index is 13.4. The maximum Gasteiger partial charge on any atom is 0.315 e. The van der Waals surface area contributed by atoms with Crippen molar-refractivity contribution in [3.63, 3.8) is 0 Å². The van der Waals surface area contributed by atoms with Gasteiger partial charge < -0.3 is 20.5 Å². The Morgan fingerprint density at radius 3 is 2.78 bits per heavy atom. The van der Waals surface area contributed by atoms with Gasteiger partial charge in [-0.3, -0.25) is 0 Å². The summed E-state index contributed by atoms with van der Waals surface area (Å²) >= 11 is 0. The molecule has 1 saturated heterocycles. The predicted octanol–water partition coefficient (Wildman–Crippen LogP) is 1.87. The standard InChI is InChI=1S/C16H20F2N2O3/c17-11-2-1-10(7-12(11)18)14-13(3-6-23-14)20-15(22)19-8-16(9-21)4-5-16/h1-2,7,13-14,21H,3-6,8-9H2,(H2,19,20,22). The van der Waals surface area contributed by atoms with Crippen molar-refractivity contribution in [2.75, 3.05) is 19.8 Å². The minimum Gasteiger partial charge on any atom is -0.396 e.